The van der Waals surface area contributed by atoms with Crippen molar-refractivity contribution in [2.45, 2.75) is 76.1 Å². The molecule has 0 aliphatic heterocycles. The zero-order valence-corrected chi connectivity index (χ0v) is 20.2. The summed E-state index contributed by atoms with van der Waals surface area (Å²) in [5.41, 5.74) is 1.32. The maximum atomic E-state index is 13.7. The van der Waals surface area contributed by atoms with Crippen LogP contribution >= 0.6 is 0 Å². The van der Waals surface area contributed by atoms with Crippen LogP contribution < -0.4 is 4.74 Å². The fraction of sp³-hybridized carbons (Fsp3) is 0.565. The summed E-state index contributed by atoms with van der Waals surface area (Å²) in [6.45, 7) is -0.0317. The maximum absolute atomic E-state index is 13.7. The molecule has 1 heterocycles. The highest BCUT2D eigenvalue weighted by molar-refractivity contribution is 5.55. The van der Waals surface area contributed by atoms with Crippen molar-refractivity contribution in [3.63, 3.8) is 0 Å². The SMILES string of the molecule is CCCCCCCc1cnc(-c2ccc(OCC(F)(F)OC(F)(F)C(F)(F)OC(F)(F)C(F)(F)F)cc2)nc1. The first-order chi connectivity index (χ1) is 17.9. The van der Waals surface area contributed by atoms with Crippen molar-refractivity contribution >= 4 is 0 Å². The van der Waals surface area contributed by atoms with Gasteiger partial charge in [-0.25, -0.2) is 19.4 Å². The summed E-state index contributed by atoms with van der Waals surface area (Å²) in [5, 5.41) is 0. The molecule has 220 valence electrons. The van der Waals surface area contributed by atoms with E-state index in [9.17, 15) is 48.3 Å². The number of alkyl halides is 11. The molecule has 0 aliphatic rings. The number of aromatic nitrogens is 2. The molecule has 1 aromatic carbocycles. The van der Waals surface area contributed by atoms with Crippen molar-refractivity contribution in [2.24, 2.45) is 0 Å². The van der Waals surface area contributed by atoms with Crippen LogP contribution in [0.2, 0.25) is 0 Å². The van der Waals surface area contributed by atoms with E-state index in [1.165, 1.54) is 12.1 Å². The van der Waals surface area contributed by atoms with Crippen molar-refractivity contribution in [3.05, 3.63) is 42.2 Å². The predicted octanol–water partition coefficient (Wildman–Crippen LogP) is 8.00. The van der Waals surface area contributed by atoms with Crippen LogP contribution in [0.3, 0.4) is 0 Å². The molecule has 0 fully saturated rings. The van der Waals surface area contributed by atoms with Crippen LogP contribution in [0.1, 0.15) is 44.6 Å². The van der Waals surface area contributed by atoms with Crippen molar-refractivity contribution in [3.8, 4) is 17.1 Å². The number of nitrogens with zero attached hydrogens (tertiary/aromatic N) is 2. The summed E-state index contributed by atoms with van der Waals surface area (Å²) in [7, 11) is 0. The lowest BCUT2D eigenvalue weighted by Crippen LogP contribution is -2.55. The molecule has 0 unspecified atom stereocenters. The van der Waals surface area contributed by atoms with Gasteiger partial charge in [0.2, 0.25) is 0 Å². The van der Waals surface area contributed by atoms with Crippen molar-refractivity contribution in [1.29, 1.82) is 0 Å². The number of aryl methyl sites for hydroxylation is 1. The Kier molecular flexibility index (Phi) is 10.5. The van der Waals surface area contributed by atoms with Crippen LogP contribution in [0.5, 0.6) is 5.75 Å². The summed E-state index contributed by atoms with van der Waals surface area (Å²) in [6, 6.07) is 4.78. The summed E-state index contributed by atoms with van der Waals surface area (Å²) >= 11 is 0. The van der Waals surface area contributed by atoms with E-state index in [-0.39, 0.29) is 11.6 Å². The van der Waals surface area contributed by atoms with Gasteiger partial charge in [-0.1, -0.05) is 32.6 Å². The molecule has 0 saturated carbocycles. The average molecular weight is 584 g/mol. The number of halogens is 11. The standard InChI is InChI=1S/C23H23F11N2O3/c1-2-3-4-5-6-7-15-12-35-18(36-13-15)16-8-10-17(11-9-16)37-14-19(24,25)38-22(31,32)23(33,34)39-21(29,30)20(26,27)28/h8-13H,2-7,14H2,1H3. The Bertz CT molecular complexity index is 1030. The number of rotatable bonds is 15. The summed E-state index contributed by atoms with van der Waals surface area (Å²) < 4.78 is 150. The van der Waals surface area contributed by atoms with Gasteiger partial charge in [-0.3, -0.25) is 0 Å². The molecule has 2 aromatic rings. The van der Waals surface area contributed by atoms with E-state index in [0.29, 0.717) is 5.56 Å². The Morgan fingerprint density at radius 3 is 1.74 bits per heavy atom. The number of unbranched alkanes of at least 4 members (excludes halogenated alkanes) is 4. The first-order valence-corrected chi connectivity index (χ1v) is 11.4. The lowest BCUT2D eigenvalue weighted by Gasteiger charge is -2.31. The summed E-state index contributed by atoms with van der Waals surface area (Å²) in [4.78, 5) is 8.40. The lowest BCUT2D eigenvalue weighted by atomic mass is 10.1. The third-order valence-electron chi connectivity index (χ3n) is 5.00. The molecule has 0 spiro atoms. The Balaban J connectivity index is 1.95. The number of hydrogen-bond acceptors (Lipinski definition) is 5. The summed E-state index contributed by atoms with van der Waals surface area (Å²) in [5.74, 6) is -0.122. The highest BCUT2D eigenvalue weighted by atomic mass is 19.4. The van der Waals surface area contributed by atoms with E-state index in [2.05, 4.69) is 26.4 Å². The number of benzene rings is 1. The second-order valence-electron chi connectivity index (χ2n) is 8.28. The fourth-order valence-electron chi connectivity index (χ4n) is 2.99. The van der Waals surface area contributed by atoms with Crippen LogP contribution in [0.25, 0.3) is 11.4 Å². The van der Waals surface area contributed by atoms with E-state index in [1.807, 2.05) is 0 Å². The van der Waals surface area contributed by atoms with E-state index in [0.717, 1.165) is 56.2 Å². The molecular weight excluding hydrogens is 561 g/mol. The van der Waals surface area contributed by atoms with Crippen LogP contribution in [0, 0.1) is 0 Å². The molecule has 0 amide bonds. The fourth-order valence-corrected chi connectivity index (χ4v) is 2.99. The quantitative estimate of drug-likeness (QED) is 0.157. The molecule has 16 heteroatoms. The van der Waals surface area contributed by atoms with Gasteiger partial charge in [0, 0.05) is 18.0 Å². The van der Waals surface area contributed by atoms with Gasteiger partial charge in [0.1, 0.15) is 5.75 Å². The molecular formula is C23H23F11N2O3. The van der Waals surface area contributed by atoms with E-state index in [4.69, 9.17) is 0 Å². The van der Waals surface area contributed by atoms with Gasteiger partial charge in [-0.2, -0.15) is 48.3 Å². The smallest absolute Gasteiger partial charge is 0.483 e. The molecule has 2 rings (SSSR count). The van der Waals surface area contributed by atoms with Gasteiger partial charge in [0.15, 0.2) is 12.4 Å². The Hall–Kier alpha value is -2.75. The van der Waals surface area contributed by atoms with Crippen LogP contribution in [0.15, 0.2) is 36.7 Å². The van der Waals surface area contributed by atoms with E-state index < -0.39 is 37.2 Å². The van der Waals surface area contributed by atoms with Gasteiger partial charge < -0.3 is 4.74 Å². The normalized spacial score (nSPS) is 13.5. The summed E-state index contributed by atoms with van der Waals surface area (Å²) in [6.07, 6.45) is -22.9. The molecule has 0 aliphatic carbocycles. The van der Waals surface area contributed by atoms with Crippen LogP contribution in [-0.4, -0.2) is 47.2 Å². The van der Waals surface area contributed by atoms with Crippen molar-refractivity contribution in [2.75, 3.05) is 6.61 Å². The zero-order valence-electron chi connectivity index (χ0n) is 20.2. The zero-order chi connectivity index (χ0) is 29.5. The maximum Gasteiger partial charge on any atom is 0.483 e. The van der Waals surface area contributed by atoms with Crippen molar-refractivity contribution < 1.29 is 62.5 Å². The van der Waals surface area contributed by atoms with Crippen LogP contribution in [0.4, 0.5) is 48.3 Å². The monoisotopic (exact) mass is 584 g/mol. The Morgan fingerprint density at radius 2 is 1.21 bits per heavy atom. The highest BCUT2D eigenvalue weighted by Gasteiger charge is 2.72. The third kappa shape index (κ3) is 9.44. The Labute approximate surface area is 215 Å². The molecule has 0 bridgehead atoms. The first kappa shape index (κ1) is 32.5. The van der Waals surface area contributed by atoms with Gasteiger partial charge >= 0.3 is 30.6 Å². The van der Waals surface area contributed by atoms with Crippen molar-refractivity contribution in [1.82, 2.24) is 9.97 Å². The largest absolute Gasteiger partial charge is 0.484 e. The molecule has 0 atom stereocenters. The Morgan fingerprint density at radius 1 is 0.667 bits per heavy atom. The minimum absolute atomic E-state index is 0.266. The van der Waals surface area contributed by atoms with Gasteiger partial charge in [-0.15, -0.1) is 0 Å². The molecule has 0 saturated heterocycles. The van der Waals surface area contributed by atoms with E-state index in [1.54, 1.807) is 17.1 Å². The molecule has 0 N–H and O–H groups in total. The molecule has 0 radical (unpaired) electrons. The third-order valence-corrected chi connectivity index (χ3v) is 5.00. The first-order valence-electron chi connectivity index (χ1n) is 11.4. The second kappa shape index (κ2) is 12.6. The number of ether oxygens (including phenoxy) is 3. The minimum atomic E-state index is -6.84. The number of hydrogen-bond donors (Lipinski definition) is 0. The van der Waals surface area contributed by atoms with Gasteiger partial charge in [0.25, 0.3) is 0 Å². The minimum Gasteiger partial charge on any atom is -0.484 e. The van der Waals surface area contributed by atoms with Gasteiger partial charge in [0.05, 0.1) is 0 Å². The predicted molar refractivity (Wildman–Crippen MR) is 113 cm³/mol. The lowest BCUT2D eigenvalue weighted by molar-refractivity contribution is -0.536. The van der Waals surface area contributed by atoms with Crippen LogP contribution in [-0.2, 0) is 15.9 Å². The topological polar surface area (TPSA) is 53.5 Å². The molecule has 1 aromatic heterocycles. The second-order valence-corrected chi connectivity index (χ2v) is 8.28. The molecule has 5 nitrogen and oxygen atoms in total. The van der Waals surface area contributed by atoms with Gasteiger partial charge in [-0.05, 0) is 42.7 Å². The molecule has 39 heavy (non-hydrogen) atoms. The highest BCUT2D eigenvalue weighted by Crippen LogP contribution is 2.47. The average Bonchev–Trinajstić information content (AvgIpc) is 2.81. The van der Waals surface area contributed by atoms with E-state index >= 15 is 0 Å².